The van der Waals surface area contributed by atoms with Crippen LogP contribution in [-0.4, -0.2) is 34.7 Å². The van der Waals surface area contributed by atoms with E-state index in [1.807, 2.05) is 0 Å². The number of hydrogen-bond acceptors (Lipinski definition) is 6. The second-order valence-electron chi connectivity index (χ2n) is 3.37. The van der Waals surface area contributed by atoms with Crippen LogP contribution in [0.25, 0.3) is 0 Å². The van der Waals surface area contributed by atoms with Crippen molar-refractivity contribution in [3.8, 4) is 5.88 Å². The van der Waals surface area contributed by atoms with Gasteiger partial charge in [-0.05, 0) is 25.4 Å². The summed E-state index contributed by atoms with van der Waals surface area (Å²) >= 11 is 5.63. The molecule has 0 aliphatic rings. The van der Waals surface area contributed by atoms with Crippen LogP contribution in [0.5, 0.6) is 5.88 Å². The van der Waals surface area contributed by atoms with Crippen molar-refractivity contribution in [2.45, 2.75) is 20.0 Å². The molecule has 0 saturated heterocycles. The van der Waals surface area contributed by atoms with Crippen LogP contribution >= 0.6 is 11.6 Å². The van der Waals surface area contributed by atoms with Crippen molar-refractivity contribution in [3.63, 3.8) is 0 Å². The van der Waals surface area contributed by atoms with Gasteiger partial charge in [0.1, 0.15) is 11.8 Å². The third-order valence-corrected chi connectivity index (χ3v) is 2.06. The summed E-state index contributed by atoms with van der Waals surface area (Å²) in [4.78, 5) is 17.7. The summed E-state index contributed by atoms with van der Waals surface area (Å²) in [5, 5.41) is 10.8. The van der Waals surface area contributed by atoms with E-state index in [-0.39, 0.29) is 35.3 Å². The summed E-state index contributed by atoms with van der Waals surface area (Å²) in [5.41, 5.74) is -0.119. The first-order chi connectivity index (χ1) is 7.95. The summed E-state index contributed by atoms with van der Waals surface area (Å²) in [7, 11) is 1.51. The fourth-order valence-corrected chi connectivity index (χ4v) is 1.46. The Bertz CT molecular complexity index is 427. The van der Waals surface area contributed by atoms with Gasteiger partial charge < -0.3 is 9.47 Å². The van der Waals surface area contributed by atoms with Crippen LogP contribution < -0.4 is 4.74 Å². The molecule has 0 fully saturated rings. The third-order valence-electron chi connectivity index (χ3n) is 1.90. The third kappa shape index (κ3) is 3.50. The molecule has 0 aliphatic carbocycles. The van der Waals surface area contributed by atoms with Crippen LogP contribution in [-0.2, 0) is 4.74 Å². The Hall–Kier alpha value is -1.47. The minimum absolute atomic E-state index is 0.0901. The summed E-state index contributed by atoms with van der Waals surface area (Å²) in [5.74, 6) is -0.142. The first-order valence-electron chi connectivity index (χ1n) is 4.79. The molecule has 0 aromatic carbocycles. The van der Waals surface area contributed by atoms with Gasteiger partial charge in [-0.3, -0.25) is 10.1 Å². The number of aryl methyl sites for hydroxylation is 1. The predicted molar refractivity (Wildman–Crippen MR) is 60.4 cm³/mol. The minimum Gasteiger partial charge on any atom is -0.467 e. The summed E-state index contributed by atoms with van der Waals surface area (Å²) in [6, 6.07) is 0. The maximum Gasteiger partial charge on any atom is 0.352 e. The number of nitrogens with zero attached hydrogens (tertiary/aromatic N) is 3. The molecule has 94 valence electrons. The Kier molecular flexibility index (Phi) is 4.59. The highest BCUT2D eigenvalue weighted by molar-refractivity contribution is 6.28. The van der Waals surface area contributed by atoms with Gasteiger partial charge in [0.2, 0.25) is 5.28 Å². The molecule has 0 bridgehead atoms. The molecule has 0 saturated carbocycles. The molecular formula is C9H12ClN3O4. The largest absolute Gasteiger partial charge is 0.467 e. The van der Waals surface area contributed by atoms with Crippen molar-refractivity contribution in [3.05, 3.63) is 21.1 Å². The molecule has 7 nitrogen and oxygen atoms in total. The van der Waals surface area contributed by atoms with Crippen molar-refractivity contribution < 1.29 is 14.4 Å². The number of hydrogen-bond donors (Lipinski definition) is 0. The van der Waals surface area contributed by atoms with Gasteiger partial charge >= 0.3 is 5.69 Å². The van der Waals surface area contributed by atoms with E-state index in [9.17, 15) is 10.1 Å². The van der Waals surface area contributed by atoms with E-state index < -0.39 is 4.92 Å². The molecule has 1 unspecified atom stereocenters. The highest BCUT2D eigenvalue weighted by Crippen LogP contribution is 2.29. The molecule has 8 heteroatoms. The molecule has 0 aliphatic heterocycles. The molecule has 0 N–H and O–H groups in total. The monoisotopic (exact) mass is 261 g/mol. The Morgan fingerprint density at radius 2 is 2.18 bits per heavy atom. The van der Waals surface area contributed by atoms with Crippen LogP contribution in [0.4, 0.5) is 5.69 Å². The van der Waals surface area contributed by atoms with Gasteiger partial charge in [0.05, 0.1) is 11.5 Å². The van der Waals surface area contributed by atoms with E-state index >= 15 is 0 Å². The maximum atomic E-state index is 10.9. The standard InChI is InChI=1S/C9H12ClN3O4/c1-5(4-16-3)17-8-7(13(14)15)6(2)11-9(10)12-8/h5H,4H2,1-3H3. The smallest absolute Gasteiger partial charge is 0.352 e. The molecule has 1 rings (SSSR count). The number of nitro groups is 1. The quantitative estimate of drug-likeness (QED) is 0.456. The first kappa shape index (κ1) is 13.6. The van der Waals surface area contributed by atoms with Crippen molar-refractivity contribution in [1.29, 1.82) is 0 Å². The normalized spacial score (nSPS) is 12.2. The number of methoxy groups -OCH3 is 1. The van der Waals surface area contributed by atoms with Gasteiger partial charge in [0.25, 0.3) is 5.88 Å². The average Bonchev–Trinajstić information content (AvgIpc) is 2.15. The lowest BCUT2D eigenvalue weighted by Crippen LogP contribution is -2.19. The maximum absolute atomic E-state index is 10.9. The van der Waals surface area contributed by atoms with E-state index in [2.05, 4.69) is 9.97 Å². The summed E-state index contributed by atoms with van der Waals surface area (Å²) < 4.78 is 10.2. The lowest BCUT2D eigenvalue weighted by atomic mass is 10.3. The number of aromatic nitrogens is 2. The molecule has 1 aromatic rings. The highest BCUT2D eigenvalue weighted by Gasteiger charge is 2.24. The fraction of sp³-hybridized carbons (Fsp3) is 0.556. The second-order valence-corrected chi connectivity index (χ2v) is 3.71. The van der Waals surface area contributed by atoms with Crippen LogP contribution in [0.3, 0.4) is 0 Å². The summed E-state index contributed by atoms with van der Waals surface area (Å²) in [6.45, 7) is 3.47. The number of ether oxygens (including phenoxy) is 2. The molecule has 17 heavy (non-hydrogen) atoms. The molecular weight excluding hydrogens is 250 g/mol. The zero-order valence-electron chi connectivity index (χ0n) is 9.64. The fourth-order valence-electron chi connectivity index (χ4n) is 1.26. The highest BCUT2D eigenvalue weighted by atomic mass is 35.5. The van der Waals surface area contributed by atoms with Gasteiger partial charge in [-0.1, -0.05) is 0 Å². The van der Waals surface area contributed by atoms with Crippen molar-refractivity contribution in [2.75, 3.05) is 13.7 Å². The molecule has 0 spiro atoms. The average molecular weight is 262 g/mol. The van der Waals surface area contributed by atoms with E-state index in [4.69, 9.17) is 21.1 Å². The molecule has 1 aromatic heterocycles. The lowest BCUT2D eigenvalue weighted by molar-refractivity contribution is -0.387. The van der Waals surface area contributed by atoms with Crippen molar-refractivity contribution >= 4 is 17.3 Å². The molecule has 0 radical (unpaired) electrons. The second kappa shape index (κ2) is 5.74. The van der Waals surface area contributed by atoms with Crippen LogP contribution in [0.1, 0.15) is 12.6 Å². The topological polar surface area (TPSA) is 87.4 Å². The molecule has 0 amide bonds. The SMILES string of the molecule is COCC(C)Oc1nc(Cl)nc(C)c1[N+](=O)[O-]. The van der Waals surface area contributed by atoms with E-state index in [0.717, 1.165) is 0 Å². The summed E-state index contributed by atoms with van der Waals surface area (Å²) in [6.07, 6.45) is -0.371. The Balaban J connectivity index is 3.08. The minimum atomic E-state index is -0.597. The molecule has 1 heterocycles. The zero-order valence-corrected chi connectivity index (χ0v) is 10.4. The predicted octanol–water partition coefficient (Wildman–Crippen LogP) is 1.76. The van der Waals surface area contributed by atoms with E-state index in [1.165, 1.54) is 14.0 Å². The van der Waals surface area contributed by atoms with Gasteiger partial charge in [-0.15, -0.1) is 0 Å². The van der Waals surface area contributed by atoms with E-state index in [0.29, 0.717) is 0 Å². The van der Waals surface area contributed by atoms with Crippen molar-refractivity contribution in [1.82, 2.24) is 9.97 Å². The Morgan fingerprint density at radius 3 is 2.71 bits per heavy atom. The molecule has 1 atom stereocenters. The number of rotatable bonds is 5. The zero-order chi connectivity index (χ0) is 13.0. The Morgan fingerprint density at radius 1 is 1.53 bits per heavy atom. The van der Waals surface area contributed by atoms with Crippen LogP contribution in [0.2, 0.25) is 5.28 Å². The van der Waals surface area contributed by atoms with Gasteiger partial charge in [0, 0.05) is 7.11 Å². The van der Waals surface area contributed by atoms with Gasteiger partial charge in [0.15, 0.2) is 0 Å². The van der Waals surface area contributed by atoms with E-state index in [1.54, 1.807) is 6.92 Å². The van der Waals surface area contributed by atoms with Crippen LogP contribution in [0, 0.1) is 17.0 Å². The van der Waals surface area contributed by atoms with Crippen molar-refractivity contribution in [2.24, 2.45) is 0 Å². The number of halogens is 1. The van der Waals surface area contributed by atoms with Crippen LogP contribution in [0.15, 0.2) is 0 Å². The van der Waals surface area contributed by atoms with Gasteiger partial charge in [-0.25, -0.2) is 4.98 Å². The first-order valence-corrected chi connectivity index (χ1v) is 5.17. The Labute approximate surface area is 103 Å². The van der Waals surface area contributed by atoms with Gasteiger partial charge in [-0.2, -0.15) is 4.98 Å². The lowest BCUT2D eigenvalue weighted by Gasteiger charge is -2.13.